The van der Waals surface area contributed by atoms with Crippen molar-refractivity contribution < 1.29 is 0 Å². The number of hydrogen-bond acceptors (Lipinski definition) is 2. The van der Waals surface area contributed by atoms with Crippen molar-refractivity contribution in [3.05, 3.63) is 21.9 Å². The Labute approximate surface area is 102 Å². The van der Waals surface area contributed by atoms with Gasteiger partial charge in [0.1, 0.15) is 0 Å². The summed E-state index contributed by atoms with van der Waals surface area (Å²) in [6, 6.07) is 4.38. The summed E-state index contributed by atoms with van der Waals surface area (Å²) in [7, 11) is 1.80. The van der Waals surface area contributed by atoms with Gasteiger partial charge < -0.3 is 10.6 Å². The van der Waals surface area contributed by atoms with Crippen LogP contribution in [0.15, 0.2) is 17.1 Å². The first kappa shape index (κ1) is 13.0. The smallest absolute Gasteiger partial charge is 0.191 e. The highest BCUT2D eigenvalue weighted by molar-refractivity contribution is 7.11. The third kappa shape index (κ3) is 4.23. The van der Waals surface area contributed by atoms with E-state index in [2.05, 4.69) is 41.6 Å². The minimum absolute atomic E-state index is 0.855. The number of aliphatic imine (C=N–C) groups is 1. The SMILES string of the molecule is CCCNC(=NC)NCc1ccc(CC)s1. The van der Waals surface area contributed by atoms with Gasteiger partial charge in [0.15, 0.2) is 5.96 Å². The number of nitrogens with zero attached hydrogens (tertiary/aromatic N) is 1. The van der Waals surface area contributed by atoms with Crippen molar-refractivity contribution in [3.8, 4) is 0 Å². The third-order valence-electron chi connectivity index (χ3n) is 2.26. The first-order valence-corrected chi connectivity index (χ1v) is 6.63. The zero-order valence-corrected chi connectivity index (χ0v) is 11.2. The van der Waals surface area contributed by atoms with E-state index in [9.17, 15) is 0 Å². The largest absolute Gasteiger partial charge is 0.356 e. The van der Waals surface area contributed by atoms with E-state index in [4.69, 9.17) is 0 Å². The Morgan fingerprint density at radius 3 is 2.56 bits per heavy atom. The molecule has 1 aromatic rings. The van der Waals surface area contributed by atoms with Gasteiger partial charge in [0.05, 0.1) is 6.54 Å². The molecule has 0 unspecified atom stereocenters. The van der Waals surface area contributed by atoms with Gasteiger partial charge in [-0.3, -0.25) is 4.99 Å². The molecular formula is C12H21N3S. The van der Waals surface area contributed by atoms with Gasteiger partial charge in [0, 0.05) is 23.3 Å². The van der Waals surface area contributed by atoms with Crippen LogP contribution in [0.1, 0.15) is 30.0 Å². The Balaban J connectivity index is 2.37. The van der Waals surface area contributed by atoms with Crippen LogP contribution in [0.4, 0.5) is 0 Å². The number of thiophene rings is 1. The molecule has 16 heavy (non-hydrogen) atoms. The topological polar surface area (TPSA) is 36.4 Å². The molecule has 1 rings (SSSR count). The van der Waals surface area contributed by atoms with Crippen molar-refractivity contribution in [2.24, 2.45) is 4.99 Å². The summed E-state index contributed by atoms with van der Waals surface area (Å²) in [5.41, 5.74) is 0. The van der Waals surface area contributed by atoms with E-state index in [1.165, 1.54) is 9.75 Å². The van der Waals surface area contributed by atoms with Crippen LogP contribution >= 0.6 is 11.3 Å². The van der Waals surface area contributed by atoms with E-state index in [1.807, 2.05) is 11.3 Å². The molecule has 1 heterocycles. The summed E-state index contributed by atoms with van der Waals surface area (Å²) in [6.07, 6.45) is 2.23. The summed E-state index contributed by atoms with van der Waals surface area (Å²) in [5.74, 6) is 0.883. The molecule has 0 radical (unpaired) electrons. The van der Waals surface area contributed by atoms with Gasteiger partial charge in [-0.1, -0.05) is 13.8 Å². The predicted octanol–water partition coefficient (Wildman–Crippen LogP) is 2.39. The van der Waals surface area contributed by atoms with E-state index < -0.39 is 0 Å². The molecule has 0 saturated heterocycles. The highest BCUT2D eigenvalue weighted by Crippen LogP contribution is 2.16. The Morgan fingerprint density at radius 1 is 1.25 bits per heavy atom. The van der Waals surface area contributed by atoms with Gasteiger partial charge in [-0.15, -0.1) is 11.3 Å². The van der Waals surface area contributed by atoms with Crippen molar-refractivity contribution >= 4 is 17.3 Å². The van der Waals surface area contributed by atoms with Crippen LogP contribution in [0.3, 0.4) is 0 Å². The summed E-state index contributed by atoms with van der Waals surface area (Å²) in [6.45, 7) is 6.15. The molecule has 90 valence electrons. The highest BCUT2D eigenvalue weighted by atomic mass is 32.1. The molecule has 0 amide bonds. The molecule has 0 aliphatic carbocycles. The van der Waals surface area contributed by atoms with Gasteiger partial charge in [0.2, 0.25) is 0 Å². The Hall–Kier alpha value is -1.03. The molecule has 0 aromatic carbocycles. The fourth-order valence-corrected chi connectivity index (χ4v) is 2.24. The summed E-state index contributed by atoms with van der Waals surface area (Å²) in [5, 5.41) is 6.56. The summed E-state index contributed by atoms with van der Waals surface area (Å²) >= 11 is 1.86. The second kappa shape index (κ2) is 7.28. The first-order chi connectivity index (χ1) is 7.80. The lowest BCUT2D eigenvalue weighted by molar-refractivity contribution is 0.785. The molecule has 0 saturated carbocycles. The third-order valence-corrected chi connectivity index (χ3v) is 3.49. The van der Waals surface area contributed by atoms with Crippen molar-refractivity contribution in [3.63, 3.8) is 0 Å². The Bertz CT molecular complexity index is 331. The van der Waals surface area contributed by atoms with Crippen LogP contribution in [0.25, 0.3) is 0 Å². The normalized spacial score (nSPS) is 11.6. The average Bonchev–Trinajstić information content (AvgIpc) is 2.77. The van der Waals surface area contributed by atoms with Crippen molar-refractivity contribution in [1.29, 1.82) is 0 Å². The fraction of sp³-hybridized carbons (Fsp3) is 0.583. The van der Waals surface area contributed by atoms with Crippen LogP contribution in [0, 0.1) is 0 Å². The maximum atomic E-state index is 4.17. The zero-order valence-electron chi connectivity index (χ0n) is 10.3. The maximum absolute atomic E-state index is 4.17. The summed E-state index contributed by atoms with van der Waals surface area (Å²) in [4.78, 5) is 6.96. The van der Waals surface area contributed by atoms with Crippen LogP contribution in [-0.4, -0.2) is 19.6 Å². The minimum Gasteiger partial charge on any atom is -0.356 e. The van der Waals surface area contributed by atoms with Crippen molar-refractivity contribution in [1.82, 2.24) is 10.6 Å². The average molecular weight is 239 g/mol. The monoisotopic (exact) mass is 239 g/mol. The van der Waals surface area contributed by atoms with Crippen molar-refractivity contribution in [2.45, 2.75) is 33.2 Å². The standard InChI is InChI=1S/C12H21N3S/c1-4-8-14-12(13-3)15-9-11-7-6-10(5-2)16-11/h6-7H,4-5,8-9H2,1-3H3,(H2,13,14,15). The second-order valence-electron chi connectivity index (χ2n) is 3.57. The molecule has 2 N–H and O–H groups in total. The first-order valence-electron chi connectivity index (χ1n) is 5.82. The predicted molar refractivity (Wildman–Crippen MR) is 72.2 cm³/mol. The molecule has 0 aliphatic rings. The van der Waals surface area contributed by atoms with Crippen LogP contribution < -0.4 is 10.6 Å². The molecule has 0 spiro atoms. The lowest BCUT2D eigenvalue weighted by Gasteiger charge is -2.09. The van der Waals surface area contributed by atoms with Crippen LogP contribution in [-0.2, 0) is 13.0 Å². The molecule has 4 heteroatoms. The number of guanidine groups is 1. The molecule has 3 nitrogen and oxygen atoms in total. The highest BCUT2D eigenvalue weighted by Gasteiger charge is 2.00. The lowest BCUT2D eigenvalue weighted by Crippen LogP contribution is -2.36. The Kier molecular flexibility index (Phi) is 5.93. The number of nitrogens with one attached hydrogen (secondary N) is 2. The molecule has 0 bridgehead atoms. The van der Waals surface area contributed by atoms with Crippen LogP contribution in [0.5, 0.6) is 0 Å². The van der Waals surface area contributed by atoms with E-state index >= 15 is 0 Å². The number of aryl methyl sites for hydroxylation is 1. The van der Waals surface area contributed by atoms with Crippen LogP contribution in [0.2, 0.25) is 0 Å². The van der Waals surface area contributed by atoms with E-state index in [1.54, 1.807) is 7.05 Å². The lowest BCUT2D eigenvalue weighted by atomic mass is 10.3. The number of rotatable bonds is 5. The van der Waals surface area contributed by atoms with E-state index in [-0.39, 0.29) is 0 Å². The van der Waals surface area contributed by atoms with E-state index in [0.717, 1.165) is 31.9 Å². The van der Waals surface area contributed by atoms with E-state index in [0.29, 0.717) is 0 Å². The quantitative estimate of drug-likeness (QED) is 0.611. The molecule has 0 atom stereocenters. The van der Waals surface area contributed by atoms with Gasteiger partial charge in [-0.2, -0.15) is 0 Å². The fourth-order valence-electron chi connectivity index (χ4n) is 1.34. The minimum atomic E-state index is 0.855. The Morgan fingerprint density at radius 2 is 2.00 bits per heavy atom. The molecule has 0 fully saturated rings. The van der Waals surface area contributed by atoms with Gasteiger partial charge >= 0.3 is 0 Å². The maximum Gasteiger partial charge on any atom is 0.191 e. The molecular weight excluding hydrogens is 218 g/mol. The molecule has 1 aromatic heterocycles. The van der Waals surface area contributed by atoms with Gasteiger partial charge in [0.25, 0.3) is 0 Å². The van der Waals surface area contributed by atoms with Gasteiger partial charge in [-0.25, -0.2) is 0 Å². The second-order valence-corrected chi connectivity index (χ2v) is 4.83. The summed E-state index contributed by atoms with van der Waals surface area (Å²) < 4.78 is 0. The molecule has 0 aliphatic heterocycles. The zero-order chi connectivity index (χ0) is 11.8. The van der Waals surface area contributed by atoms with Gasteiger partial charge in [-0.05, 0) is 25.0 Å². The number of hydrogen-bond donors (Lipinski definition) is 2. The van der Waals surface area contributed by atoms with Crippen molar-refractivity contribution in [2.75, 3.05) is 13.6 Å².